The van der Waals surface area contributed by atoms with Crippen LogP contribution in [0, 0.1) is 6.92 Å². The van der Waals surface area contributed by atoms with Gasteiger partial charge in [-0.1, -0.05) is 0 Å². The summed E-state index contributed by atoms with van der Waals surface area (Å²) in [5.41, 5.74) is 0.930. The molecule has 20 heavy (non-hydrogen) atoms. The van der Waals surface area contributed by atoms with E-state index in [1.165, 1.54) is 0 Å². The number of carbonyl (C=O) groups excluding carboxylic acids is 1. The third kappa shape index (κ3) is 5.36. The third-order valence-electron chi connectivity index (χ3n) is 2.51. The average Bonchev–Trinajstić information content (AvgIpc) is 2.69. The van der Waals surface area contributed by atoms with Gasteiger partial charge < -0.3 is 10.1 Å². The molecule has 0 aliphatic rings. The summed E-state index contributed by atoms with van der Waals surface area (Å²) >= 11 is 1.11. The van der Waals surface area contributed by atoms with Crippen LogP contribution in [0.3, 0.4) is 0 Å². The number of rotatable bonds is 7. The van der Waals surface area contributed by atoms with E-state index in [0.29, 0.717) is 29.2 Å². The van der Waals surface area contributed by atoms with Crippen molar-refractivity contribution >= 4 is 22.5 Å². The molecule has 0 aliphatic heterocycles. The number of unbranched alkanes of at least 4 members (excludes halogenated alkanes) is 1. The summed E-state index contributed by atoms with van der Waals surface area (Å²) in [6.07, 6.45) is -4.47. The van der Waals surface area contributed by atoms with Crippen molar-refractivity contribution in [2.75, 3.05) is 18.5 Å². The van der Waals surface area contributed by atoms with E-state index in [1.54, 1.807) is 13.8 Å². The maximum Gasteiger partial charge on any atom is 0.389 e. The molecule has 0 bridgehead atoms. The summed E-state index contributed by atoms with van der Waals surface area (Å²) in [6.45, 7) is 4.03. The summed E-state index contributed by atoms with van der Waals surface area (Å²) in [6, 6.07) is 0. The number of anilines is 1. The lowest BCUT2D eigenvalue weighted by molar-refractivity contribution is -0.135. The van der Waals surface area contributed by atoms with Gasteiger partial charge in [0.25, 0.3) is 0 Å². The minimum atomic E-state index is -4.11. The van der Waals surface area contributed by atoms with Crippen LogP contribution in [0.4, 0.5) is 18.2 Å². The van der Waals surface area contributed by atoms with Crippen molar-refractivity contribution < 1.29 is 22.7 Å². The zero-order valence-electron chi connectivity index (χ0n) is 11.3. The Balaban J connectivity index is 2.46. The van der Waals surface area contributed by atoms with E-state index in [1.807, 2.05) is 0 Å². The lowest BCUT2D eigenvalue weighted by Crippen LogP contribution is -2.11. The molecule has 1 N–H and O–H groups in total. The minimum absolute atomic E-state index is 0.0586. The molecular formula is C12H17F3N2O2S. The van der Waals surface area contributed by atoms with Gasteiger partial charge in [0.15, 0.2) is 0 Å². The number of aromatic nitrogens is 1. The highest BCUT2D eigenvalue weighted by molar-refractivity contribution is 7.10. The quantitative estimate of drug-likeness (QED) is 0.615. The number of ether oxygens (including phenoxy) is 1. The van der Waals surface area contributed by atoms with E-state index in [2.05, 4.69) is 9.69 Å². The Hall–Kier alpha value is -1.31. The van der Waals surface area contributed by atoms with Crippen LogP contribution in [0.15, 0.2) is 0 Å². The zero-order chi connectivity index (χ0) is 15.2. The van der Waals surface area contributed by atoms with Gasteiger partial charge in [-0.3, -0.25) is 0 Å². The van der Waals surface area contributed by atoms with Crippen molar-refractivity contribution in [1.82, 2.24) is 4.37 Å². The molecule has 0 radical (unpaired) electrons. The normalized spacial score (nSPS) is 11.4. The number of hydrogen-bond acceptors (Lipinski definition) is 5. The van der Waals surface area contributed by atoms with Gasteiger partial charge in [-0.2, -0.15) is 17.5 Å². The molecule has 0 spiro atoms. The smallest absolute Gasteiger partial charge is 0.389 e. The second-order valence-electron chi connectivity index (χ2n) is 4.19. The Morgan fingerprint density at radius 2 is 2.10 bits per heavy atom. The van der Waals surface area contributed by atoms with Crippen LogP contribution in [0.5, 0.6) is 0 Å². The summed E-state index contributed by atoms with van der Waals surface area (Å²) < 4.78 is 44.9. The van der Waals surface area contributed by atoms with Gasteiger partial charge in [-0.25, -0.2) is 4.79 Å². The van der Waals surface area contributed by atoms with Crippen molar-refractivity contribution in [1.29, 1.82) is 0 Å². The molecule has 1 aromatic heterocycles. The fourth-order valence-electron chi connectivity index (χ4n) is 1.59. The van der Waals surface area contributed by atoms with E-state index in [0.717, 1.165) is 11.5 Å². The number of hydrogen-bond donors (Lipinski definition) is 1. The maximum atomic E-state index is 12.0. The van der Waals surface area contributed by atoms with Crippen molar-refractivity contribution in [3.63, 3.8) is 0 Å². The van der Waals surface area contributed by atoms with E-state index in [4.69, 9.17) is 4.74 Å². The van der Waals surface area contributed by atoms with Crippen molar-refractivity contribution in [3.05, 3.63) is 11.3 Å². The van der Waals surface area contributed by atoms with E-state index >= 15 is 0 Å². The predicted molar refractivity (Wildman–Crippen MR) is 71.2 cm³/mol. The number of alkyl halides is 3. The first-order valence-electron chi connectivity index (χ1n) is 6.29. The fourth-order valence-corrected chi connectivity index (χ4v) is 2.39. The molecule has 0 saturated carbocycles. The second kappa shape index (κ2) is 7.47. The molecule has 0 aromatic carbocycles. The Morgan fingerprint density at radius 3 is 2.70 bits per heavy atom. The number of esters is 1. The first-order valence-corrected chi connectivity index (χ1v) is 7.06. The standard InChI is InChI=1S/C12H17F3N2O2S/c1-3-19-11(18)9-8(2)17-20-10(9)16-7-5-4-6-12(13,14)15/h16H,3-7H2,1-2H3. The summed E-state index contributed by atoms with van der Waals surface area (Å²) in [5.74, 6) is -0.462. The molecule has 1 rings (SSSR count). The van der Waals surface area contributed by atoms with Crippen LogP contribution < -0.4 is 5.32 Å². The topological polar surface area (TPSA) is 51.2 Å². The number of nitrogens with zero attached hydrogens (tertiary/aromatic N) is 1. The monoisotopic (exact) mass is 310 g/mol. The Labute approximate surface area is 119 Å². The minimum Gasteiger partial charge on any atom is -0.462 e. The lowest BCUT2D eigenvalue weighted by Gasteiger charge is -2.08. The average molecular weight is 310 g/mol. The number of carbonyl (C=O) groups is 1. The molecule has 0 unspecified atom stereocenters. The fraction of sp³-hybridized carbons (Fsp3) is 0.667. The third-order valence-corrected chi connectivity index (χ3v) is 3.41. The largest absolute Gasteiger partial charge is 0.462 e. The highest BCUT2D eigenvalue weighted by Crippen LogP contribution is 2.26. The predicted octanol–water partition coefficient (Wildman–Crippen LogP) is 3.77. The highest BCUT2D eigenvalue weighted by atomic mass is 32.1. The summed E-state index contributed by atoms with van der Waals surface area (Å²) in [7, 11) is 0. The van der Waals surface area contributed by atoms with Gasteiger partial charge >= 0.3 is 12.1 Å². The van der Waals surface area contributed by atoms with E-state index in [-0.39, 0.29) is 13.0 Å². The molecule has 4 nitrogen and oxygen atoms in total. The van der Waals surface area contributed by atoms with Crippen molar-refractivity contribution in [2.24, 2.45) is 0 Å². The number of halogens is 3. The molecule has 114 valence electrons. The molecule has 0 aliphatic carbocycles. The number of nitrogens with one attached hydrogen (secondary N) is 1. The zero-order valence-corrected chi connectivity index (χ0v) is 12.2. The van der Waals surface area contributed by atoms with Crippen LogP contribution in [0.2, 0.25) is 0 Å². The first kappa shape index (κ1) is 16.7. The Bertz CT molecular complexity index is 446. The van der Waals surface area contributed by atoms with Gasteiger partial charge in [0.2, 0.25) is 0 Å². The molecule has 0 amide bonds. The summed E-state index contributed by atoms with van der Waals surface area (Å²) in [5, 5.41) is 3.50. The molecule has 0 saturated heterocycles. The van der Waals surface area contributed by atoms with Crippen LogP contribution in [0.1, 0.15) is 42.2 Å². The second-order valence-corrected chi connectivity index (χ2v) is 4.97. The van der Waals surface area contributed by atoms with Gasteiger partial charge in [0.1, 0.15) is 10.6 Å². The van der Waals surface area contributed by atoms with Gasteiger partial charge in [0, 0.05) is 13.0 Å². The highest BCUT2D eigenvalue weighted by Gasteiger charge is 2.26. The van der Waals surface area contributed by atoms with Crippen molar-refractivity contribution in [3.8, 4) is 0 Å². The molecule has 0 atom stereocenters. The molecule has 1 aromatic rings. The van der Waals surface area contributed by atoms with Crippen LogP contribution >= 0.6 is 11.5 Å². The van der Waals surface area contributed by atoms with Gasteiger partial charge in [-0.05, 0) is 38.2 Å². The van der Waals surface area contributed by atoms with Crippen LogP contribution in [-0.2, 0) is 4.74 Å². The molecule has 8 heteroatoms. The first-order chi connectivity index (χ1) is 9.35. The SMILES string of the molecule is CCOC(=O)c1c(C)nsc1NCCCCC(F)(F)F. The lowest BCUT2D eigenvalue weighted by atomic mass is 10.2. The molecule has 0 fully saturated rings. The van der Waals surface area contributed by atoms with E-state index < -0.39 is 18.6 Å². The van der Waals surface area contributed by atoms with Crippen LogP contribution in [-0.4, -0.2) is 29.7 Å². The van der Waals surface area contributed by atoms with Crippen LogP contribution in [0.25, 0.3) is 0 Å². The van der Waals surface area contributed by atoms with Gasteiger partial charge in [0.05, 0.1) is 12.3 Å². The Morgan fingerprint density at radius 1 is 1.40 bits per heavy atom. The maximum absolute atomic E-state index is 12.0. The molecular weight excluding hydrogens is 293 g/mol. The summed E-state index contributed by atoms with van der Waals surface area (Å²) in [4.78, 5) is 11.7. The van der Waals surface area contributed by atoms with E-state index in [9.17, 15) is 18.0 Å². The number of aryl methyl sites for hydroxylation is 1. The molecule has 1 heterocycles. The van der Waals surface area contributed by atoms with Gasteiger partial charge in [-0.15, -0.1) is 0 Å². The Kier molecular flexibility index (Phi) is 6.25. The van der Waals surface area contributed by atoms with Crippen molar-refractivity contribution in [2.45, 2.75) is 39.3 Å².